The van der Waals surface area contributed by atoms with E-state index in [1.807, 2.05) is 11.4 Å². The van der Waals surface area contributed by atoms with E-state index >= 15 is 0 Å². The van der Waals surface area contributed by atoms with Crippen LogP contribution in [0.4, 0.5) is 13.2 Å². The van der Waals surface area contributed by atoms with E-state index in [1.165, 1.54) is 10.5 Å². The van der Waals surface area contributed by atoms with Gasteiger partial charge in [0, 0.05) is 26.7 Å². The molecule has 2 heterocycles. The molecule has 1 fully saturated rings. The average molecular weight is 334 g/mol. The van der Waals surface area contributed by atoms with E-state index in [9.17, 15) is 13.2 Å². The van der Waals surface area contributed by atoms with Crippen molar-refractivity contribution in [1.82, 2.24) is 15.5 Å². The molecule has 1 atom stereocenters. The molecule has 2 N–H and O–H groups in total. The van der Waals surface area contributed by atoms with Gasteiger partial charge in [-0.15, -0.1) is 0 Å². The summed E-state index contributed by atoms with van der Waals surface area (Å²) < 4.78 is 37.1. The number of halogens is 3. The highest BCUT2D eigenvalue weighted by Crippen LogP contribution is 2.22. The quantitative estimate of drug-likeness (QED) is 0.641. The fourth-order valence-electron chi connectivity index (χ4n) is 2.52. The topological polar surface area (TPSA) is 39.7 Å². The van der Waals surface area contributed by atoms with E-state index in [4.69, 9.17) is 0 Å². The van der Waals surface area contributed by atoms with E-state index < -0.39 is 12.7 Å². The van der Waals surface area contributed by atoms with Crippen LogP contribution in [-0.4, -0.2) is 50.3 Å². The lowest BCUT2D eigenvalue weighted by Crippen LogP contribution is -2.40. The highest BCUT2D eigenvalue weighted by Gasteiger charge is 2.34. The number of alkyl halides is 3. The molecule has 1 aromatic heterocycles. The third-order valence-electron chi connectivity index (χ3n) is 3.59. The minimum absolute atomic E-state index is 0.224. The summed E-state index contributed by atoms with van der Waals surface area (Å²) in [5.74, 6) is 0.905. The van der Waals surface area contributed by atoms with Crippen molar-refractivity contribution in [1.29, 1.82) is 0 Å². The normalized spacial score (nSPS) is 20.4. The summed E-state index contributed by atoms with van der Waals surface area (Å²) in [6, 6.07) is 2.04. The molecule has 0 amide bonds. The van der Waals surface area contributed by atoms with Crippen LogP contribution in [0.1, 0.15) is 12.0 Å². The van der Waals surface area contributed by atoms with E-state index in [-0.39, 0.29) is 5.92 Å². The summed E-state index contributed by atoms with van der Waals surface area (Å²) in [7, 11) is 1.69. The number of guanidine groups is 1. The molecule has 1 aliphatic rings. The predicted molar refractivity (Wildman–Crippen MR) is 83.1 cm³/mol. The van der Waals surface area contributed by atoms with Crippen LogP contribution in [0.25, 0.3) is 0 Å². The Hall–Kier alpha value is -1.28. The number of thiophene rings is 1. The molecule has 124 valence electrons. The molecular formula is C14H21F3N4S. The molecule has 1 aliphatic heterocycles. The zero-order valence-electron chi connectivity index (χ0n) is 12.5. The third kappa shape index (κ3) is 5.84. The van der Waals surface area contributed by atoms with Crippen LogP contribution in [-0.2, 0) is 6.54 Å². The minimum Gasteiger partial charge on any atom is -0.356 e. The van der Waals surface area contributed by atoms with Crippen molar-refractivity contribution < 1.29 is 13.2 Å². The van der Waals surface area contributed by atoms with Gasteiger partial charge in [0.15, 0.2) is 5.96 Å². The fraction of sp³-hybridized carbons (Fsp3) is 0.643. The van der Waals surface area contributed by atoms with Gasteiger partial charge in [0.1, 0.15) is 0 Å². The van der Waals surface area contributed by atoms with Gasteiger partial charge in [0.2, 0.25) is 0 Å². The second-order valence-electron chi connectivity index (χ2n) is 5.44. The van der Waals surface area contributed by atoms with Crippen molar-refractivity contribution in [2.45, 2.75) is 19.1 Å². The number of likely N-dealkylation sites (tertiary alicyclic amines) is 1. The first-order chi connectivity index (χ1) is 10.5. The van der Waals surface area contributed by atoms with Crippen LogP contribution in [0.5, 0.6) is 0 Å². The Morgan fingerprint density at radius 1 is 1.45 bits per heavy atom. The molecule has 1 unspecified atom stereocenters. The Labute approximate surface area is 132 Å². The van der Waals surface area contributed by atoms with Gasteiger partial charge in [-0.25, -0.2) is 0 Å². The van der Waals surface area contributed by atoms with Crippen LogP contribution < -0.4 is 10.6 Å². The van der Waals surface area contributed by atoms with Gasteiger partial charge in [-0.1, -0.05) is 0 Å². The molecule has 2 rings (SSSR count). The number of rotatable bonds is 5. The largest absolute Gasteiger partial charge is 0.401 e. The summed E-state index contributed by atoms with van der Waals surface area (Å²) in [6.07, 6.45) is -3.33. The van der Waals surface area contributed by atoms with Crippen molar-refractivity contribution in [3.8, 4) is 0 Å². The highest BCUT2D eigenvalue weighted by molar-refractivity contribution is 7.07. The first-order valence-electron chi connectivity index (χ1n) is 7.21. The second-order valence-corrected chi connectivity index (χ2v) is 6.22. The van der Waals surface area contributed by atoms with Gasteiger partial charge in [-0.3, -0.25) is 9.89 Å². The van der Waals surface area contributed by atoms with Crippen LogP contribution in [0.15, 0.2) is 21.8 Å². The van der Waals surface area contributed by atoms with Gasteiger partial charge in [0.05, 0.1) is 6.54 Å². The molecule has 0 bridgehead atoms. The monoisotopic (exact) mass is 334 g/mol. The summed E-state index contributed by atoms with van der Waals surface area (Å²) >= 11 is 1.64. The average Bonchev–Trinajstić information content (AvgIpc) is 3.09. The standard InChI is InChI=1S/C14H21F3N4S/c1-18-13(20-7-12-3-5-22-9-12)19-6-11-2-4-21(8-11)10-14(15,16)17/h3,5,9,11H,2,4,6-8,10H2,1H3,(H2,18,19,20). The number of aliphatic imine (C=N–C) groups is 1. The molecule has 4 nitrogen and oxygen atoms in total. The summed E-state index contributed by atoms with van der Waals surface area (Å²) in [6.45, 7) is 1.50. The van der Waals surface area contributed by atoms with Crippen LogP contribution in [0.3, 0.4) is 0 Å². The molecule has 0 radical (unpaired) electrons. The van der Waals surface area contributed by atoms with Crippen molar-refractivity contribution in [3.63, 3.8) is 0 Å². The molecule has 8 heteroatoms. The minimum atomic E-state index is -4.11. The Kier molecular flexibility index (Phi) is 6.07. The SMILES string of the molecule is CN=C(NCc1ccsc1)NCC1CCN(CC(F)(F)F)C1. The number of nitrogens with one attached hydrogen (secondary N) is 2. The molecule has 1 aromatic rings. The Morgan fingerprint density at radius 2 is 2.27 bits per heavy atom. The summed E-state index contributed by atoms with van der Waals surface area (Å²) in [5.41, 5.74) is 1.19. The fourth-order valence-corrected chi connectivity index (χ4v) is 3.19. The van der Waals surface area contributed by atoms with Crippen LogP contribution in [0, 0.1) is 5.92 Å². The zero-order chi connectivity index (χ0) is 16.0. The lowest BCUT2D eigenvalue weighted by atomic mass is 10.1. The van der Waals surface area contributed by atoms with E-state index in [0.29, 0.717) is 32.1 Å². The molecule has 22 heavy (non-hydrogen) atoms. The van der Waals surface area contributed by atoms with Gasteiger partial charge in [-0.05, 0) is 41.3 Å². The van der Waals surface area contributed by atoms with Crippen molar-refractivity contribution in [2.75, 3.05) is 33.2 Å². The Balaban J connectivity index is 1.68. The maximum Gasteiger partial charge on any atom is 0.401 e. The predicted octanol–water partition coefficient (Wildman–Crippen LogP) is 2.30. The first-order valence-corrected chi connectivity index (χ1v) is 8.15. The lowest BCUT2D eigenvalue weighted by molar-refractivity contribution is -0.143. The third-order valence-corrected chi connectivity index (χ3v) is 4.33. The number of hydrogen-bond acceptors (Lipinski definition) is 3. The van der Waals surface area contributed by atoms with Crippen LogP contribution in [0.2, 0.25) is 0 Å². The zero-order valence-corrected chi connectivity index (χ0v) is 13.3. The Bertz CT molecular complexity index is 473. The number of nitrogens with zero attached hydrogens (tertiary/aromatic N) is 2. The maximum absolute atomic E-state index is 12.4. The molecular weight excluding hydrogens is 313 g/mol. The van der Waals surface area contributed by atoms with Gasteiger partial charge in [0.25, 0.3) is 0 Å². The summed E-state index contributed by atoms with van der Waals surface area (Å²) in [4.78, 5) is 5.60. The van der Waals surface area contributed by atoms with Crippen molar-refractivity contribution >= 4 is 17.3 Å². The number of hydrogen-bond donors (Lipinski definition) is 2. The van der Waals surface area contributed by atoms with Gasteiger partial charge in [-0.2, -0.15) is 24.5 Å². The molecule has 1 saturated heterocycles. The van der Waals surface area contributed by atoms with E-state index in [0.717, 1.165) is 6.42 Å². The van der Waals surface area contributed by atoms with Crippen molar-refractivity contribution in [3.05, 3.63) is 22.4 Å². The highest BCUT2D eigenvalue weighted by atomic mass is 32.1. The summed E-state index contributed by atoms with van der Waals surface area (Å²) in [5, 5.41) is 10.5. The Morgan fingerprint density at radius 3 is 2.91 bits per heavy atom. The van der Waals surface area contributed by atoms with Gasteiger partial charge >= 0.3 is 6.18 Å². The molecule has 0 aromatic carbocycles. The van der Waals surface area contributed by atoms with Crippen LogP contribution >= 0.6 is 11.3 Å². The smallest absolute Gasteiger partial charge is 0.356 e. The van der Waals surface area contributed by atoms with Crippen molar-refractivity contribution in [2.24, 2.45) is 10.9 Å². The first kappa shape index (κ1) is 17.1. The second kappa shape index (κ2) is 7.82. The van der Waals surface area contributed by atoms with E-state index in [1.54, 1.807) is 18.4 Å². The molecule has 0 spiro atoms. The maximum atomic E-state index is 12.4. The van der Waals surface area contributed by atoms with E-state index in [2.05, 4.69) is 21.0 Å². The van der Waals surface area contributed by atoms with Gasteiger partial charge < -0.3 is 10.6 Å². The lowest BCUT2D eigenvalue weighted by Gasteiger charge is -2.18. The molecule has 0 aliphatic carbocycles. The molecule has 0 saturated carbocycles.